The molecule has 3 nitrogen and oxygen atoms in total. The number of thiol groups is 1. The largest absolute Gasteiger partial charge is 0.342 e. The monoisotopic (exact) mass is 238 g/mol. The van der Waals surface area contributed by atoms with Gasteiger partial charge in [0.1, 0.15) is 5.25 Å². The molecule has 1 rings (SSSR count). The Hall–Kier alpha value is -1.03. The van der Waals surface area contributed by atoms with E-state index in [1.807, 2.05) is 32.9 Å². The third-order valence-corrected chi connectivity index (χ3v) is 3.08. The Labute approximate surface area is 102 Å². The van der Waals surface area contributed by atoms with Gasteiger partial charge in [-0.2, -0.15) is 12.6 Å². The number of amides is 1. The van der Waals surface area contributed by atoms with Gasteiger partial charge in [-0.05, 0) is 32.4 Å². The summed E-state index contributed by atoms with van der Waals surface area (Å²) in [6.45, 7) is 7.28. The average Bonchev–Trinajstić information content (AvgIpc) is 2.30. The molecule has 0 aromatic carbocycles. The Kier molecular flexibility index (Phi) is 4.80. The maximum Gasteiger partial charge on any atom is 0.239 e. The molecule has 16 heavy (non-hydrogen) atoms. The Morgan fingerprint density at radius 2 is 2.06 bits per heavy atom. The predicted molar refractivity (Wildman–Crippen MR) is 68.6 cm³/mol. The highest BCUT2D eigenvalue weighted by Crippen LogP contribution is 2.21. The molecule has 0 saturated heterocycles. The lowest BCUT2D eigenvalue weighted by atomic mass is 10.1. The SMILES string of the molecule is CCN(CC)C(=O)C(S)c1ccc(C)nc1. The summed E-state index contributed by atoms with van der Waals surface area (Å²) in [7, 11) is 0. The zero-order chi connectivity index (χ0) is 12.1. The highest BCUT2D eigenvalue weighted by Gasteiger charge is 2.20. The van der Waals surface area contributed by atoms with E-state index < -0.39 is 5.25 Å². The van der Waals surface area contributed by atoms with E-state index in [9.17, 15) is 4.79 Å². The van der Waals surface area contributed by atoms with Crippen LogP contribution in [0.1, 0.15) is 30.4 Å². The molecule has 1 amide bonds. The summed E-state index contributed by atoms with van der Waals surface area (Å²) in [4.78, 5) is 18.0. The van der Waals surface area contributed by atoms with Gasteiger partial charge in [-0.25, -0.2) is 0 Å². The average molecular weight is 238 g/mol. The minimum absolute atomic E-state index is 0.0407. The van der Waals surface area contributed by atoms with Crippen molar-refractivity contribution in [1.29, 1.82) is 0 Å². The van der Waals surface area contributed by atoms with Gasteiger partial charge in [-0.3, -0.25) is 9.78 Å². The van der Waals surface area contributed by atoms with Crippen molar-refractivity contribution in [2.45, 2.75) is 26.0 Å². The molecule has 0 spiro atoms. The first-order chi connectivity index (χ1) is 7.60. The second-order valence-corrected chi connectivity index (χ2v) is 4.16. The summed E-state index contributed by atoms with van der Waals surface area (Å²) in [6, 6.07) is 3.80. The van der Waals surface area contributed by atoms with Crippen LogP contribution in [-0.4, -0.2) is 28.9 Å². The normalized spacial score (nSPS) is 12.2. The van der Waals surface area contributed by atoms with Gasteiger partial charge in [-0.15, -0.1) is 0 Å². The number of likely N-dealkylation sites (N-methyl/N-ethyl adjacent to an activating group) is 1. The molecule has 0 aliphatic rings. The highest BCUT2D eigenvalue weighted by atomic mass is 32.1. The van der Waals surface area contributed by atoms with Crippen molar-refractivity contribution in [2.75, 3.05) is 13.1 Å². The number of hydrogen-bond donors (Lipinski definition) is 1. The Bertz CT molecular complexity index is 347. The molecule has 0 aliphatic heterocycles. The van der Waals surface area contributed by atoms with Gasteiger partial charge in [0.15, 0.2) is 0 Å². The zero-order valence-electron chi connectivity index (χ0n) is 9.97. The van der Waals surface area contributed by atoms with Crippen LogP contribution in [-0.2, 0) is 4.79 Å². The summed E-state index contributed by atoms with van der Waals surface area (Å²) < 4.78 is 0. The van der Waals surface area contributed by atoms with Gasteiger partial charge >= 0.3 is 0 Å². The van der Waals surface area contributed by atoms with E-state index in [-0.39, 0.29) is 5.91 Å². The molecule has 1 aromatic heterocycles. The molecule has 0 saturated carbocycles. The molecule has 88 valence electrons. The second-order valence-electron chi connectivity index (χ2n) is 3.65. The van der Waals surface area contributed by atoms with Gasteiger partial charge in [-0.1, -0.05) is 6.07 Å². The number of aryl methyl sites for hydroxylation is 1. The van der Waals surface area contributed by atoms with E-state index in [0.29, 0.717) is 13.1 Å². The van der Waals surface area contributed by atoms with Crippen molar-refractivity contribution in [3.05, 3.63) is 29.6 Å². The van der Waals surface area contributed by atoms with Gasteiger partial charge < -0.3 is 4.90 Å². The van der Waals surface area contributed by atoms with Crippen LogP contribution in [0.2, 0.25) is 0 Å². The first-order valence-electron chi connectivity index (χ1n) is 5.49. The van der Waals surface area contributed by atoms with Crippen LogP contribution >= 0.6 is 12.6 Å². The summed E-state index contributed by atoms with van der Waals surface area (Å²) in [5.41, 5.74) is 1.80. The van der Waals surface area contributed by atoms with Crippen molar-refractivity contribution in [2.24, 2.45) is 0 Å². The smallest absolute Gasteiger partial charge is 0.239 e. The van der Waals surface area contributed by atoms with Crippen LogP contribution < -0.4 is 0 Å². The second kappa shape index (κ2) is 5.89. The lowest BCUT2D eigenvalue weighted by Crippen LogP contribution is -2.33. The van der Waals surface area contributed by atoms with Gasteiger partial charge in [0.05, 0.1) is 0 Å². The molecule has 1 aromatic rings. The number of pyridine rings is 1. The number of hydrogen-bond acceptors (Lipinski definition) is 3. The molecule has 4 heteroatoms. The maximum absolute atomic E-state index is 12.0. The first kappa shape index (κ1) is 13.0. The molecule has 0 bridgehead atoms. The van der Waals surface area contributed by atoms with Crippen LogP contribution in [0, 0.1) is 6.92 Å². The number of carbonyl (C=O) groups is 1. The third kappa shape index (κ3) is 2.98. The number of carbonyl (C=O) groups excluding carboxylic acids is 1. The van der Waals surface area contributed by atoms with Crippen LogP contribution in [0.4, 0.5) is 0 Å². The lowest BCUT2D eigenvalue weighted by Gasteiger charge is -2.22. The van der Waals surface area contributed by atoms with Gasteiger partial charge in [0.25, 0.3) is 0 Å². The molecule has 1 atom stereocenters. The van der Waals surface area contributed by atoms with Crippen molar-refractivity contribution < 1.29 is 4.79 Å². The zero-order valence-corrected chi connectivity index (χ0v) is 10.9. The fraction of sp³-hybridized carbons (Fsp3) is 0.500. The van der Waals surface area contributed by atoms with E-state index >= 15 is 0 Å². The van der Waals surface area contributed by atoms with E-state index in [1.165, 1.54) is 0 Å². The quantitative estimate of drug-likeness (QED) is 0.816. The molecule has 0 radical (unpaired) electrons. The third-order valence-electron chi connectivity index (χ3n) is 2.56. The minimum atomic E-state index is -0.409. The number of nitrogens with zero attached hydrogens (tertiary/aromatic N) is 2. The summed E-state index contributed by atoms with van der Waals surface area (Å²) in [5, 5.41) is -0.409. The van der Waals surface area contributed by atoms with Crippen LogP contribution in [0.3, 0.4) is 0 Å². The molecule has 0 aliphatic carbocycles. The van der Waals surface area contributed by atoms with E-state index in [4.69, 9.17) is 0 Å². The first-order valence-corrected chi connectivity index (χ1v) is 6.01. The Morgan fingerprint density at radius 3 is 2.50 bits per heavy atom. The number of rotatable bonds is 4. The summed E-state index contributed by atoms with van der Waals surface area (Å²) >= 11 is 4.36. The van der Waals surface area contributed by atoms with Crippen LogP contribution in [0.5, 0.6) is 0 Å². The highest BCUT2D eigenvalue weighted by molar-refractivity contribution is 7.81. The van der Waals surface area contributed by atoms with Crippen molar-refractivity contribution in [3.63, 3.8) is 0 Å². The predicted octanol–water partition coefficient (Wildman–Crippen LogP) is 2.23. The molecular formula is C12H18N2OS. The maximum atomic E-state index is 12.0. The van der Waals surface area contributed by atoms with Crippen molar-refractivity contribution in [1.82, 2.24) is 9.88 Å². The van der Waals surface area contributed by atoms with Crippen LogP contribution in [0.15, 0.2) is 18.3 Å². The lowest BCUT2D eigenvalue weighted by molar-refractivity contribution is -0.130. The minimum Gasteiger partial charge on any atom is -0.342 e. The topological polar surface area (TPSA) is 33.2 Å². The molecule has 1 heterocycles. The van der Waals surface area contributed by atoms with E-state index in [1.54, 1.807) is 11.1 Å². The summed E-state index contributed by atoms with van der Waals surface area (Å²) in [5.74, 6) is 0.0407. The van der Waals surface area contributed by atoms with Gasteiger partial charge in [0, 0.05) is 25.0 Å². The van der Waals surface area contributed by atoms with E-state index in [0.717, 1.165) is 11.3 Å². The Morgan fingerprint density at radius 1 is 1.44 bits per heavy atom. The summed E-state index contributed by atoms with van der Waals surface area (Å²) in [6.07, 6.45) is 1.72. The molecule has 0 fully saturated rings. The molecule has 1 unspecified atom stereocenters. The van der Waals surface area contributed by atoms with Crippen molar-refractivity contribution in [3.8, 4) is 0 Å². The van der Waals surface area contributed by atoms with Crippen LogP contribution in [0.25, 0.3) is 0 Å². The fourth-order valence-electron chi connectivity index (χ4n) is 1.49. The van der Waals surface area contributed by atoms with Gasteiger partial charge in [0.2, 0.25) is 5.91 Å². The van der Waals surface area contributed by atoms with E-state index in [2.05, 4.69) is 17.6 Å². The fourth-order valence-corrected chi connectivity index (χ4v) is 1.81. The Balaban J connectivity index is 2.81. The van der Waals surface area contributed by atoms with Crippen molar-refractivity contribution >= 4 is 18.5 Å². The molecule has 0 N–H and O–H groups in total. The standard InChI is InChI=1S/C12H18N2OS/c1-4-14(5-2)12(15)11(16)10-7-6-9(3)13-8-10/h6-8,11,16H,4-5H2,1-3H3. The molecular weight excluding hydrogens is 220 g/mol. The number of aromatic nitrogens is 1.